The van der Waals surface area contributed by atoms with Gasteiger partial charge in [-0.2, -0.15) is 0 Å². The third kappa shape index (κ3) is 5.78. The Morgan fingerprint density at radius 2 is 1.59 bits per heavy atom. The van der Waals surface area contributed by atoms with E-state index in [-0.39, 0.29) is 16.8 Å². The molecule has 3 rings (SSSR count). The predicted molar refractivity (Wildman–Crippen MR) is 136 cm³/mol. The number of nitrogens with zero attached hydrogens (tertiary/aromatic N) is 1. The summed E-state index contributed by atoms with van der Waals surface area (Å²) in [5.41, 5.74) is 2.54. The van der Waals surface area contributed by atoms with Gasteiger partial charge in [0.25, 0.3) is 15.9 Å². The average Bonchev–Trinajstić information content (AvgIpc) is 2.83. The van der Waals surface area contributed by atoms with Gasteiger partial charge < -0.3 is 10.1 Å². The van der Waals surface area contributed by atoms with Crippen LogP contribution in [-0.2, 0) is 10.0 Å². The Balaban J connectivity index is 1.92. The summed E-state index contributed by atoms with van der Waals surface area (Å²) in [6.45, 7) is 6.09. The van der Waals surface area contributed by atoms with Crippen LogP contribution < -0.4 is 14.4 Å². The smallest absolute Gasteiger partial charge is 0.264 e. The van der Waals surface area contributed by atoms with E-state index < -0.39 is 10.0 Å². The molecule has 0 aliphatic rings. The molecule has 0 saturated heterocycles. The second-order valence-electron chi connectivity index (χ2n) is 8.73. The number of carbonyl (C=O) groups is 1. The lowest BCUT2D eigenvalue weighted by Gasteiger charge is -2.25. The third-order valence-electron chi connectivity index (χ3n) is 5.70. The summed E-state index contributed by atoms with van der Waals surface area (Å²) in [5.74, 6) is 0.752. The van der Waals surface area contributed by atoms with Gasteiger partial charge in [0.1, 0.15) is 5.75 Å². The van der Waals surface area contributed by atoms with Gasteiger partial charge in [0.2, 0.25) is 0 Å². The van der Waals surface area contributed by atoms with Gasteiger partial charge in [0.15, 0.2) is 0 Å². The van der Waals surface area contributed by atoms with Crippen LogP contribution in [0.1, 0.15) is 47.8 Å². The van der Waals surface area contributed by atoms with E-state index in [1.165, 1.54) is 7.05 Å². The highest BCUT2D eigenvalue weighted by Gasteiger charge is 2.26. The van der Waals surface area contributed by atoms with Crippen molar-refractivity contribution in [3.8, 4) is 5.75 Å². The van der Waals surface area contributed by atoms with E-state index in [9.17, 15) is 13.2 Å². The van der Waals surface area contributed by atoms with Crippen LogP contribution in [0, 0.1) is 12.8 Å². The van der Waals surface area contributed by atoms with E-state index in [0.717, 1.165) is 27.6 Å². The summed E-state index contributed by atoms with van der Waals surface area (Å²) < 4.78 is 32.9. The number of nitrogens with one attached hydrogen (secondary N) is 1. The van der Waals surface area contributed by atoms with E-state index >= 15 is 0 Å². The molecule has 1 atom stereocenters. The van der Waals surface area contributed by atoms with Gasteiger partial charge in [-0.15, -0.1) is 0 Å². The first-order chi connectivity index (χ1) is 16.1. The van der Waals surface area contributed by atoms with Gasteiger partial charge in [-0.25, -0.2) is 8.42 Å². The second kappa shape index (κ2) is 10.7. The van der Waals surface area contributed by atoms with E-state index in [1.807, 2.05) is 31.2 Å². The van der Waals surface area contributed by atoms with Gasteiger partial charge in [-0.05, 0) is 61.2 Å². The van der Waals surface area contributed by atoms with Crippen molar-refractivity contribution in [2.24, 2.45) is 5.92 Å². The van der Waals surface area contributed by atoms with Gasteiger partial charge in [0.05, 0.1) is 29.3 Å². The number of anilines is 1. The molecule has 0 saturated carbocycles. The first-order valence-corrected chi connectivity index (χ1v) is 12.7. The fourth-order valence-electron chi connectivity index (χ4n) is 3.76. The number of hydrogen-bond donors (Lipinski definition) is 1. The molecule has 0 bridgehead atoms. The third-order valence-corrected chi connectivity index (χ3v) is 7.48. The molecule has 3 aromatic carbocycles. The second-order valence-corrected chi connectivity index (χ2v) is 10.7. The minimum absolute atomic E-state index is 0.173. The Kier molecular flexibility index (Phi) is 7.99. The molecule has 1 amide bonds. The van der Waals surface area contributed by atoms with Crippen molar-refractivity contribution in [1.82, 2.24) is 5.32 Å². The summed E-state index contributed by atoms with van der Waals surface area (Å²) >= 11 is 0. The molecule has 3 aromatic rings. The highest BCUT2D eigenvalue weighted by atomic mass is 32.2. The molecule has 1 N–H and O–H groups in total. The Morgan fingerprint density at radius 1 is 0.971 bits per heavy atom. The lowest BCUT2D eigenvalue weighted by Crippen LogP contribution is -2.33. The van der Waals surface area contributed by atoms with Crippen LogP contribution in [0.15, 0.2) is 77.7 Å². The van der Waals surface area contributed by atoms with E-state index in [0.29, 0.717) is 17.2 Å². The first kappa shape index (κ1) is 25.3. The number of aryl methyl sites for hydroxylation is 1. The molecule has 0 heterocycles. The van der Waals surface area contributed by atoms with Crippen LogP contribution in [0.4, 0.5) is 5.69 Å². The number of carbonyl (C=O) groups excluding carboxylic acids is 1. The Hall–Kier alpha value is -3.32. The van der Waals surface area contributed by atoms with Crippen LogP contribution in [0.3, 0.4) is 0 Å². The molecule has 0 spiro atoms. The van der Waals surface area contributed by atoms with Crippen molar-refractivity contribution in [2.75, 3.05) is 18.5 Å². The molecule has 180 valence electrons. The molecular weight excluding hydrogens is 448 g/mol. The number of benzene rings is 3. The largest absolute Gasteiger partial charge is 0.497 e. The van der Waals surface area contributed by atoms with Gasteiger partial charge in [-0.3, -0.25) is 9.10 Å². The quantitative estimate of drug-likeness (QED) is 0.448. The van der Waals surface area contributed by atoms with Crippen molar-refractivity contribution >= 4 is 21.6 Å². The monoisotopic (exact) mass is 480 g/mol. The normalized spacial score (nSPS) is 12.3. The van der Waals surface area contributed by atoms with E-state index in [2.05, 4.69) is 19.2 Å². The first-order valence-electron chi connectivity index (χ1n) is 11.2. The fraction of sp³-hybridized carbons (Fsp3) is 0.296. The lowest BCUT2D eigenvalue weighted by molar-refractivity contribution is 0.0932. The zero-order chi connectivity index (χ0) is 24.9. The molecule has 0 aliphatic heterocycles. The molecule has 0 unspecified atom stereocenters. The highest BCUT2D eigenvalue weighted by molar-refractivity contribution is 7.92. The standard InChI is InChI=1S/C27H32N2O4S/c1-19(2)18-25(21-12-14-22(33-5)15-13-21)28-27(30)24-8-6-7-9-26(24)29(4)34(31,32)23-16-10-20(3)11-17-23/h6-17,19,25H,18H2,1-5H3,(H,28,30)/t25-/m0/s1. The number of amides is 1. The van der Waals surface area contributed by atoms with Gasteiger partial charge in [0, 0.05) is 7.05 Å². The van der Waals surface area contributed by atoms with Crippen LogP contribution in [-0.4, -0.2) is 28.5 Å². The summed E-state index contributed by atoms with van der Waals surface area (Å²) in [7, 11) is -0.752. The minimum Gasteiger partial charge on any atom is -0.497 e. The molecule has 34 heavy (non-hydrogen) atoms. The highest BCUT2D eigenvalue weighted by Crippen LogP contribution is 2.28. The fourth-order valence-corrected chi connectivity index (χ4v) is 4.97. The maximum atomic E-state index is 13.4. The van der Waals surface area contributed by atoms with Crippen molar-refractivity contribution in [3.63, 3.8) is 0 Å². The Bertz CT molecular complexity index is 1220. The van der Waals surface area contributed by atoms with Crippen LogP contribution in [0.2, 0.25) is 0 Å². The number of sulfonamides is 1. The maximum absolute atomic E-state index is 13.4. The van der Waals surface area contributed by atoms with Gasteiger partial charge >= 0.3 is 0 Å². The molecule has 0 aliphatic carbocycles. The molecule has 0 fully saturated rings. The zero-order valence-corrected chi connectivity index (χ0v) is 21.1. The summed E-state index contributed by atoms with van der Waals surface area (Å²) in [6, 6.07) is 20.8. The zero-order valence-electron chi connectivity index (χ0n) is 20.3. The van der Waals surface area contributed by atoms with Crippen molar-refractivity contribution < 1.29 is 17.9 Å². The number of methoxy groups -OCH3 is 1. The number of para-hydroxylation sites is 1. The number of rotatable bonds is 9. The summed E-state index contributed by atoms with van der Waals surface area (Å²) in [5, 5.41) is 3.11. The summed E-state index contributed by atoms with van der Waals surface area (Å²) in [4.78, 5) is 13.6. The van der Waals surface area contributed by atoms with E-state index in [4.69, 9.17) is 4.74 Å². The van der Waals surface area contributed by atoms with Crippen molar-refractivity contribution in [3.05, 3.63) is 89.5 Å². The molecular formula is C27H32N2O4S. The molecule has 0 aromatic heterocycles. The number of ether oxygens (including phenoxy) is 1. The van der Waals surface area contributed by atoms with Crippen LogP contribution in [0.25, 0.3) is 0 Å². The van der Waals surface area contributed by atoms with Crippen LogP contribution >= 0.6 is 0 Å². The Morgan fingerprint density at radius 3 is 2.18 bits per heavy atom. The van der Waals surface area contributed by atoms with Gasteiger partial charge in [-0.1, -0.05) is 55.8 Å². The average molecular weight is 481 g/mol. The SMILES string of the molecule is COc1ccc([C@H](CC(C)C)NC(=O)c2ccccc2N(C)S(=O)(=O)c2ccc(C)cc2)cc1. The summed E-state index contributed by atoms with van der Waals surface area (Å²) in [6.07, 6.45) is 0.734. The van der Waals surface area contributed by atoms with Crippen molar-refractivity contribution in [1.29, 1.82) is 0 Å². The predicted octanol–water partition coefficient (Wildman–Crippen LogP) is 5.35. The van der Waals surface area contributed by atoms with Crippen LogP contribution in [0.5, 0.6) is 5.75 Å². The molecule has 6 nitrogen and oxygen atoms in total. The minimum atomic E-state index is -3.83. The molecule has 0 radical (unpaired) electrons. The maximum Gasteiger partial charge on any atom is 0.264 e. The van der Waals surface area contributed by atoms with E-state index in [1.54, 1.807) is 55.6 Å². The topological polar surface area (TPSA) is 75.7 Å². The Labute approximate surface area is 202 Å². The lowest BCUT2D eigenvalue weighted by atomic mass is 9.96. The molecule has 7 heteroatoms. The van der Waals surface area contributed by atoms with Crippen molar-refractivity contribution in [2.45, 2.75) is 38.1 Å². The number of hydrogen-bond acceptors (Lipinski definition) is 4.